The molecule has 0 N–H and O–H groups in total. The van der Waals surface area contributed by atoms with Crippen LogP contribution in [0.25, 0.3) is 0 Å². The average molecular weight is 413 g/mol. The van der Waals surface area contributed by atoms with E-state index in [1.54, 1.807) is 0 Å². The van der Waals surface area contributed by atoms with Crippen LogP contribution in [0, 0.1) is 0 Å². The van der Waals surface area contributed by atoms with E-state index in [-0.39, 0.29) is 0 Å². The van der Waals surface area contributed by atoms with Gasteiger partial charge in [-0.05, 0) is 52.9 Å². The van der Waals surface area contributed by atoms with Crippen LogP contribution in [0.15, 0.2) is 119 Å². The lowest BCUT2D eigenvalue weighted by Crippen LogP contribution is -1.88. The minimum atomic E-state index is 0.979. The predicted octanol–water partition coefficient (Wildman–Crippen LogP) is 7.86. The quantitative estimate of drug-likeness (QED) is 0.270. The van der Waals surface area contributed by atoms with Crippen molar-refractivity contribution < 1.29 is 0 Å². The van der Waals surface area contributed by atoms with Crippen molar-refractivity contribution in [1.82, 2.24) is 0 Å². The van der Waals surface area contributed by atoms with E-state index in [9.17, 15) is 0 Å². The van der Waals surface area contributed by atoms with Gasteiger partial charge in [0.2, 0.25) is 0 Å². The first-order valence-electron chi connectivity index (χ1n) is 9.86. The molecular formula is C27H24S2. The highest BCUT2D eigenvalue weighted by atomic mass is 32.2. The molecule has 4 rings (SSSR count). The van der Waals surface area contributed by atoms with Gasteiger partial charge in [-0.3, -0.25) is 0 Å². The molecule has 0 saturated heterocycles. The molecule has 0 heterocycles. The molecule has 0 fully saturated rings. The highest BCUT2D eigenvalue weighted by Crippen LogP contribution is 2.25. The summed E-state index contributed by atoms with van der Waals surface area (Å²) in [5, 5.41) is 0. The van der Waals surface area contributed by atoms with Crippen LogP contribution in [-0.4, -0.2) is 0 Å². The summed E-state index contributed by atoms with van der Waals surface area (Å²) in [6.45, 7) is 0. The highest BCUT2D eigenvalue weighted by Gasteiger charge is 2.01. The van der Waals surface area contributed by atoms with Crippen LogP contribution in [0.5, 0.6) is 0 Å². The molecule has 0 spiro atoms. The lowest BCUT2D eigenvalue weighted by molar-refractivity contribution is 1.17. The van der Waals surface area contributed by atoms with Crippen LogP contribution >= 0.6 is 23.5 Å². The van der Waals surface area contributed by atoms with E-state index >= 15 is 0 Å². The third kappa shape index (κ3) is 6.28. The van der Waals surface area contributed by atoms with Crippen molar-refractivity contribution in [2.24, 2.45) is 0 Å². The van der Waals surface area contributed by atoms with Gasteiger partial charge in [0.25, 0.3) is 0 Å². The molecule has 0 nitrogen and oxygen atoms in total. The van der Waals surface area contributed by atoms with Crippen molar-refractivity contribution in [2.45, 2.75) is 27.7 Å². The normalized spacial score (nSPS) is 10.8. The van der Waals surface area contributed by atoms with Gasteiger partial charge < -0.3 is 0 Å². The minimum Gasteiger partial charge on any atom is -0.121 e. The van der Waals surface area contributed by atoms with Crippen molar-refractivity contribution in [2.75, 3.05) is 0 Å². The summed E-state index contributed by atoms with van der Waals surface area (Å²) in [4.78, 5) is 2.65. The Morgan fingerprint density at radius 3 is 1.14 bits per heavy atom. The third-order valence-corrected chi connectivity index (χ3v) is 6.92. The minimum absolute atomic E-state index is 0.979. The number of thioether (sulfide) groups is 2. The van der Waals surface area contributed by atoms with Gasteiger partial charge in [-0.1, -0.05) is 84.9 Å². The second-order valence-electron chi connectivity index (χ2n) is 7.01. The number of rotatable bonds is 8. The molecule has 4 aromatic rings. The first kappa shape index (κ1) is 19.9. The topological polar surface area (TPSA) is 0 Å². The summed E-state index contributed by atoms with van der Waals surface area (Å²) in [6.07, 6.45) is 0.979. The molecule has 0 aliphatic carbocycles. The molecule has 0 aliphatic rings. The van der Waals surface area contributed by atoms with E-state index in [4.69, 9.17) is 0 Å². The fourth-order valence-electron chi connectivity index (χ4n) is 3.12. The Morgan fingerprint density at radius 1 is 0.379 bits per heavy atom. The summed E-state index contributed by atoms with van der Waals surface area (Å²) in [5.74, 6) is 2.03. The van der Waals surface area contributed by atoms with Gasteiger partial charge in [0.05, 0.1) is 0 Å². The molecule has 29 heavy (non-hydrogen) atoms. The van der Waals surface area contributed by atoms with E-state index in [1.807, 2.05) is 23.5 Å². The second-order valence-corrected chi connectivity index (χ2v) is 9.11. The molecule has 0 saturated carbocycles. The van der Waals surface area contributed by atoms with E-state index in [1.165, 1.54) is 32.0 Å². The Hall–Kier alpha value is -2.42. The standard InChI is InChI=1S/C27H24S2/c1-3-7-24(8-4-1)20-28-26-15-11-22(12-16-26)19-23-13-17-27(18-14-23)29-21-25-9-5-2-6-10-25/h1-18H,19-21H2. The summed E-state index contributed by atoms with van der Waals surface area (Å²) in [6, 6.07) is 39.3. The van der Waals surface area contributed by atoms with Crippen molar-refractivity contribution in [3.63, 3.8) is 0 Å². The van der Waals surface area contributed by atoms with Crippen LogP contribution in [0.3, 0.4) is 0 Å². The SMILES string of the molecule is c1ccc(CSc2ccc(Cc3ccc(SCc4ccccc4)cc3)cc2)cc1. The van der Waals surface area contributed by atoms with Crippen molar-refractivity contribution in [3.8, 4) is 0 Å². The Bertz CT molecular complexity index is 907. The Morgan fingerprint density at radius 2 is 0.759 bits per heavy atom. The van der Waals surface area contributed by atoms with Crippen LogP contribution in [0.1, 0.15) is 22.3 Å². The van der Waals surface area contributed by atoms with Crippen molar-refractivity contribution in [3.05, 3.63) is 131 Å². The summed E-state index contributed by atoms with van der Waals surface area (Å²) in [5.41, 5.74) is 5.45. The van der Waals surface area contributed by atoms with Gasteiger partial charge in [0, 0.05) is 21.3 Å². The monoisotopic (exact) mass is 412 g/mol. The summed E-state index contributed by atoms with van der Waals surface area (Å²) in [7, 11) is 0. The Balaban J connectivity index is 1.28. The molecule has 2 heteroatoms. The number of hydrogen-bond donors (Lipinski definition) is 0. The van der Waals surface area contributed by atoms with Crippen LogP contribution in [0.2, 0.25) is 0 Å². The first-order chi connectivity index (χ1) is 14.3. The zero-order valence-corrected chi connectivity index (χ0v) is 18.0. The van der Waals surface area contributed by atoms with Gasteiger partial charge in [-0.2, -0.15) is 0 Å². The zero-order valence-electron chi connectivity index (χ0n) is 16.3. The highest BCUT2D eigenvalue weighted by molar-refractivity contribution is 7.98. The molecule has 0 amide bonds. The fourth-order valence-corrected chi connectivity index (χ4v) is 4.83. The van der Waals surface area contributed by atoms with Gasteiger partial charge in [0.1, 0.15) is 0 Å². The molecule has 0 unspecified atom stereocenters. The number of benzene rings is 4. The lowest BCUT2D eigenvalue weighted by Gasteiger charge is -2.07. The Labute approximate surface area is 182 Å². The van der Waals surface area contributed by atoms with Gasteiger partial charge in [-0.25, -0.2) is 0 Å². The maximum Gasteiger partial charge on any atom is 0.0231 e. The molecule has 144 valence electrons. The number of hydrogen-bond acceptors (Lipinski definition) is 2. The largest absolute Gasteiger partial charge is 0.121 e. The first-order valence-corrected chi connectivity index (χ1v) is 11.8. The lowest BCUT2D eigenvalue weighted by atomic mass is 10.1. The van der Waals surface area contributed by atoms with Gasteiger partial charge in [-0.15, -0.1) is 23.5 Å². The zero-order chi connectivity index (χ0) is 19.7. The molecule has 0 aliphatic heterocycles. The van der Waals surface area contributed by atoms with Crippen LogP contribution in [-0.2, 0) is 17.9 Å². The van der Waals surface area contributed by atoms with E-state index in [0.717, 1.165) is 17.9 Å². The molecular weight excluding hydrogens is 388 g/mol. The average Bonchev–Trinajstić information content (AvgIpc) is 2.80. The summed E-state index contributed by atoms with van der Waals surface area (Å²) < 4.78 is 0. The molecule has 0 radical (unpaired) electrons. The van der Waals surface area contributed by atoms with Gasteiger partial charge in [0.15, 0.2) is 0 Å². The Kier molecular flexibility index (Phi) is 7.12. The fraction of sp³-hybridized carbons (Fsp3) is 0.111. The molecule has 0 bridgehead atoms. The molecule has 0 aromatic heterocycles. The smallest absolute Gasteiger partial charge is 0.0231 e. The second kappa shape index (κ2) is 10.4. The maximum absolute atomic E-state index is 2.26. The maximum atomic E-state index is 2.26. The van der Waals surface area contributed by atoms with Gasteiger partial charge >= 0.3 is 0 Å². The summed E-state index contributed by atoms with van der Waals surface area (Å²) >= 11 is 3.78. The van der Waals surface area contributed by atoms with E-state index < -0.39 is 0 Å². The van der Waals surface area contributed by atoms with E-state index in [2.05, 4.69) is 109 Å². The van der Waals surface area contributed by atoms with Crippen molar-refractivity contribution >= 4 is 23.5 Å². The molecule has 0 atom stereocenters. The van der Waals surface area contributed by atoms with E-state index in [0.29, 0.717) is 0 Å². The third-order valence-electron chi connectivity index (χ3n) is 4.75. The predicted molar refractivity (Wildman–Crippen MR) is 128 cm³/mol. The van der Waals surface area contributed by atoms with Crippen LogP contribution in [0.4, 0.5) is 0 Å². The van der Waals surface area contributed by atoms with Crippen LogP contribution < -0.4 is 0 Å². The molecule has 4 aromatic carbocycles. The van der Waals surface area contributed by atoms with Crippen molar-refractivity contribution in [1.29, 1.82) is 0 Å².